The van der Waals surface area contributed by atoms with Crippen LogP contribution in [0.3, 0.4) is 0 Å². The molecule has 4 heteroatoms. The maximum absolute atomic E-state index is 11.4. The van der Waals surface area contributed by atoms with Gasteiger partial charge < -0.3 is 4.74 Å². The molecule has 0 saturated heterocycles. The summed E-state index contributed by atoms with van der Waals surface area (Å²) in [6.45, 7) is 1.86. The highest BCUT2D eigenvalue weighted by atomic mass is 16.5. The van der Waals surface area contributed by atoms with Crippen molar-refractivity contribution in [2.45, 2.75) is 13.3 Å². The van der Waals surface area contributed by atoms with E-state index in [4.69, 9.17) is 4.74 Å². The molecule has 2 rings (SSSR count). The Morgan fingerprint density at radius 3 is 2.67 bits per heavy atom. The summed E-state index contributed by atoms with van der Waals surface area (Å²) >= 11 is 0. The number of carbonyl (C=O) groups excluding carboxylic acids is 1. The van der Waals surface area contributed by atoms with Crippen LogP contribution < -0.4 is 10.2 Å². The van der Waals surface area contributed by atoms with E-state index in [1.54, 1.807) is 7.11 Å². The summed E-state index contributed by atoms with van der Waals surface area (Å²) in [6.07, 6.45) is 4.67. The van der Waals surface area contributed by atoms with Gasteiger partial charge in [0.15, 0.2) is 0 Å². The third-order valence-corrected chi connectivity index (χ3v) is 2.96. The molecular formula is C14H16N2O2. The van der Waals surface area contributed by atoms with Gasteiger partial charge in [-0.3, -0.25) is 4.79 Å². The Bertz CT molecular complexity index is 489. The Morgan fingerprint density at radius 2 is 2.11 bits per heavy atom. The maximum Gasteiger partial charge on any atom is 0.249 e. The molecule has 1 aliphatic heterocycles. The van der Waals surface area contributed by atoms with Gasteiger partial charge in [0.05, 0.1) is 13.0 Å². The van der Waals surface area contributed by atoms with Crippen LogP contribution in [0.5, 0.6) is 5.75 Å². The van der Waals surface area contributed by atoms with E-state index in [2.05, 4.69) is 10.5 Å². The minimum atomic E-state index is -0.125. The standard InChI is InChI=1S/C14H16N2O2/c1-10-13(14(17)16-15-10)5-3-4-11-6-8-12(18-2)9-7-11/h3-4,6-9,13H,5H2,1-2H3,(H,16,17)/b4-3+/t13-/m0/s1. The minimum Gasteiger partial charge on any atom is -0.497 e. The summed E-state index contributed by atoms with van der Waals surface area (Å²) in [4.78, 5) is 11.4. The van der Waals surface area contributed by atoms with Gasteiger partial charge in [0.2, 0.25) is 5.91 Å². The van der Waals surface area contributed by atoms with E-state index in [0.717, 1.165) is 17.0 Å². The van der Waals surface area contributed by atoms with Crippen molar-refractivity contribution in [2.24, 2.45) is 11.0 Å². The van der Waals surface area contributed by atoms with Gasteiger partial charge in [-0.15, -0.1) is 0 Å². The van der Waals surface area contributed by atoms with Gasteiger partial charge in [-0.1, -0.05) is 24.3 Å². The van der Waals surface area contributed by atoms with E-state index >= 15 is 0 Å². The fourth-order valence-corrected chi connectivity index (χ4v) is 1.82. The predicted molar refractivity (Wildman–Crippen MR) is 71.4 cm³/mol. The van der Waals surface area contributed by atoms with Crippen molar-refractivity contribution in [2.75, 3.05) is 7.11 Å². The Kier molecular flexibility index (Phi) is 3.77. The number of hydrogen-bond acceptors (Lipinski definition) is 3. The van der Waals surface area contributed by atoms with Crippen LogP contribution in [0.15, 0.2) is 35.4 Å². The zero-order valence-electron chi connectivity index (χ0n) is 10.5. The molecule has 94 valence electrons. The van der Waals surface area contributed by atoms with E-state index < -0.39 is 0 Å². The SMILES string of the molecule is COc1ccc(/C=C/C[C@@H]2C(=O)NN=C2C)cc1. The number of ether oxygens (including phenoxy) is 1. The topological polar surface area (TPSA) is 50.7 Å². The fourth-order valence-electron chi connectivity index (χ4n) is 1.82. The number of carbonyl (C=O) groups is 1. The summed E-state index contributed by atoms with van der Waals surface area (Å²) in [5.74, 6) is 0.691. The first kappa shape index (κ1) is 12.4. The van der Waals surface area contributed by atoms with E-state index in [1.165, 1.54) is 0 Å². The lowest BCUT2D eigenvalue weighted by molar-refractivity contribution is -0.122. The van der Waals surface area contributed by atoms with E-state index in [9.17, 15) is 4.79 Å². The summed E-state index contributed by atoms with van der Waals surface area (Å²) in [5.41, 5.74) is 4.42. The number of benzene rings is 1. The molecule has 1 aliphatic rings. The van der Waals surface area contributed by atoms with Gasteiger partial charge in [0, 0.05) is 5.71 Å². The van der Waals surface area contributed by atoms with Gasteiger partial charge in [-0.25, -0.2) is 5.43 Å². The Labute approximate surface area is 106 Å². The first-order valence-electron chi connectivity index (χ1n) is 5.85. The monoisotopic (exact) mass is 244 g/mol. The highest BCUT2D eigenvalue weighted by molar-refractivity contribution is 6.06. The van der Waals surface area contributed by atoms with Crippen LogP contribution in [0, 0.1) is 5.92 Å². The fraction of sp³-hybridized carbons (Fsp3) is 0.286. The molecule has 0 bridgehead atoms. The molecule has 1 aromatic rings. The first-order chi connectivity index (χ1) is 8.70. The molecule has 1 atom stereocenters. The largest absolute Gasteiger partial charge is 0.497 e. The normalized spacial score (nSPS) is 18.9. The van der Waals surface area contributed by atoms with Crippen molar-refractivity contribution in [1.82, 2.24) is 5.43 Å². The number of hydrogen-bond donors (Lipinski definition) is 1. The lowest BCUT2D eigenvalue weighted by Gasteiger charge is -2.03. The van der Waals surface area contributed by atoms with Crippen molar-refractivity contribution >= 4 is 17.7 Å². The number of nitrogens with one attached hydrogen (secondary N) is 1. The van der Waals surface area contributed by atoms with Crippen LogP contribution in [-0.2, 0) is 4.79 Å². The van der Waals surface area contributed by atoms with Crippen molar-refractivity contribution < 1.29 is 9.53 Å². The van der Waals surface area contributed by atoms with Crippen LogP contribution in [0.25, 0.3) is 6.08 Å². The van der Waals surface area contributed by atoms with Crippen LogP contribution in [0.1, 0.15) is 18.9 Å². The number of methoxy groups -OCH3 is 1. The lowest BCUT2D eigenvalue weighted by atomic mass is 10.00. The highest BCUT2D eigenvalue weighted by Gasteiger charge is 2.24. The number of hydrazone groups is 1. The minimum absolute atomic E-state index is 0.0214. The maximum atomic E-state index is 11.4. The molecule has 1 aromatic carbocycles. The zero-order valence-corrected chi connectivity index (χ0v) is 10.5. The Balaban J connectivity index is 1.94. The smallest absolute Gasteiger partial charge is 0.249 e. The predicted octanol–water partition coefficient (Wildman–Crippen LogP) is 2.22. The molecule has 18 heavy (non-hydrogen) atoms. The molecule has 4 nitrogen and oxygen atoms in total. The summed E-state index contributed by atoms with van der Waals surface area (Å²) in [5, 5.41) is 3.91. The average Bonchev–Trinajstić information content (AvgIpc) is 2.71. The van der Waals surface area contributed by atoms with Crippen LogP contribution >= 0.6 is 0 Å². The molecule has 0 fully saturated rings. The second-order valence-corrected chi connectivity index (χ2v) is 4.19. The van der Waals surface area contributed by atoms with Crippen molar-refractivity contribution in [3.8, 4) is 5.75 Å². The van der Waals surface area contributed by atoms with Gasteiger partial charge in [-0.2, -0.15) is 5.10 Å². The van der Waals surface area contributed by atoms with E-state index in [0.29, 0.717) is 6.42 Å². The summed E-state index contributed by atoms with van der Waals surface area (Å²) < 4.78 is 5.09. The molecule has 0 spiro atoms. The molecule has 0 unspecified atom stereocenters. The molecule has 0 saturated carbocycles. The van der Waals surface area contributed by atoms with Gasteiger partial charge in [0.1, 0.15) is 5.75 Å². The zero-order chi connectivity index (χ0) is 13.0. The quantitative estimate of drug-likeness (QED) is 0.882. The number of allylic oxidation sites excluding steroid dienone is 1. The van der Waals surface area contributed by atoms with Gasteiger partial charge in [0.25, 0.3) is 0 Å². The molecular weight excluding hydrogens is 228 g/mol. The average molecular weight is 244 g/mol. The highest BCUT2D eigenvalue weighted by Crippen LogP contribution is 2.15. The third-order valence-electron chi connectivity index (χ3n) is 2.96. The van der Waals surface area contributed by atoms with Crippen molar-refractivity contribution in [1.29, 1.82) is 0 Å². The number of nitrogens with zero attached hydrogens (tertiary/aromatic N) is 1. The van der Waals surface area contributed by atoms with Crippen LogP contribution in [-0.4, -0.2) is 18.7 Å². The lowest BCUT2D eigenvalue weighted by Crippen LogP contribution is -2.21. The van der Waals surface area contributed by atoms with Crippen molar-refractivity contribution in [3.63, 3.8) is 0 Å². The van der Waals surface area contributed by atoms with Gasteiger partial charge >= 0.3 is 0 Å². The molecule has 0 aliphatic carbocycles. The van der Waals surface area contributed by atoms with Crippen molar-refractivity contribution in [3.05, 3.63) is 35.9 Å². The Morgan fingerprint density at radius 1 is 1.39 bits per heavy atom. The summed E-state index contributed by atoms with van der Waals surface area (Å²) in [6, 6.07) is 7.78. The van der Waals surface area contributed by atoms with Gasteiger partial charge in [-0.05, 0) is 31.0 Å². The van der Waals surface area contributed by atoms with E-state index in [-0.39, 0.29) is 11.8 Å². The second kappa shape index (κ2) is 5.49. The second-order valence-electron chi connectivity index (χ2n) is 4.19. The van der Waals surface area contributed by atoms with Crippen LogP contribution in [0.4, 0.5) is 0 Å². The molecule has 1 N–H and O–H groups in total. The van der Waals surface area contributed by atoms with E-state index in [1.807, 2.05) is 43.3 Å². The van der Waals surface area contributed by atoms with Crippen LogP contribution in [0.2, 0.25) is 0 Å². The molecule has 1 heterocycles. The molecule has 0 aromatic heterocycles. The summed E-state index contributed by atoms with van der Waals surface area (Å²) in [7, 11) is 1.64. The Hall–Kier alpha value is -2.10. The number of amides is 1. The number of rotatable bonds is 4. The molecule has 0 radical (unpaired) electrons. The third kappa shape index (κ3) is 2.77. The molecule has 1 amide bonds. The first-order valence-corrected chi connectivity index (χ1v) is 5.85.